The Bertz CT molecular complexity index is 733. The molecule has 0 N–H and O–H groups in total. The molecule has 2 aromatic rings. The van der Waals surface area contributed by atoms with E-state index < -0.39 is 0 Å². The summed E-state index contributed by atoms with van der Waals surface area (Å²) in [4.78, 5) is 16.6. The van der Waals surface area contributed by atoms with Crippen molar-refractivity contribution >= 4 is 17.3 Å². The van der Waals surface area contributed by atoms with Crippen LogP contribution in [0.1, 0.15) is 13.8 Å². The van der Waals surface area contributed by atoms with Gasteiger partial charge in [-0.05, 0) is 38.1 Å². The van der Waals surface area contributed by atoms with Gasteiger partial charge in [-0.2, -0.15) is 0 Å². The largest absolute Gasteiger partial charge is 0.484 e. The molecular weight excluding hydrogens is 307 g/mol. The summed E-state index contributed by atoms with van der Waals surface area (Å²) in [7, 11) is 0. The van der Waals surface area contributed by atoms with Crippen LogP contribution >= 0.6 is 0 Å². The predicted molar refractivity (Wildman–Crippen MR) is 93.2 cm³/mol. The standard InChI is InChI=1S/C19H21FN2O2/c1-14(2)21-10-11-22(18-9-4-3-8-17(18)21)19(23)13-24-16-7-5-6-15(20)12-16/h3-9,12,14H,10-11,13H2,1-2H3. The van der Waals surface area contributed by atoms with Crippen LogP contribution in [0.5, 0.6) is 5.75 Å². The highest BCUT2D eigenvalue weighted by atomic mass is 19.1. The predicted octanol–water partition coefficient (Wildman–Crippen LogP) is 3.47. The number of nitrogens with zero attached hydrogens (tertiary/aromatic N) is 2. The van der Waals surface area contributed by atoms with Gasteiger partial charge in [-0.1, -0.05) is 18.2 Å². The number of hydrogen-bond acceptors (Lipinski definition) is 3. The Morgan fingerprint density at radius 2 is 1.88 bits per heavy atom. The van der Waals surface area contributed by atoms with Crippen LogP contribution in [0.25, 0.3) is 0 Å². The molecule has 3 rings (SSSR count). The number of amides is 1. The average Bonchev–Trinajstić information content (AvgIpc) is 2.58. The van der Waals surface area contributed by atoms with Gasteiger partial charge in [0.15, 0.2) is 6.61 Å². The van der Waals surface area contributed by atoms with Gasteiger partial charge in [-0.3, -0.25) is 4.79 Å². The molecule has 126 valence electrons. The molecule has 4 nitrogen and oxygen atoms in total. The van der Waals surface area contributed by atoms with Crippen molar-refractivity contribution < 1.29 is 13.9 Å². The molecule has 0 atom stereocenters. The fourth-order valence-electron chi connectivity index (χ4n) is 2.96. The lowest BCUT2D eigenvalue weighted by molar-refractivity contribution is -0.120. The van der Waals surface area contributed by atoms with E-state index in [1.54, 1.807) is 17.0 Å². The number of ether oxygens (including phenoxy) is 1. The van der Waals surface area contributed by atoms with E-state index >= 15 is 0 Å². The van der Waals surface area contributed by atoms with Gasteiger partial charge in [0.25, 0.3) is 5.91 Å². The first-order valence-corrected chi connectivity index (χ1v) is 8.10. The molecule has 0 unspecified atom stereocenters. The zero-order valence-electron chi connectivity index (χ0n) is 13.9. The first-order chi connectivity index (χ1) is 11.6. The number of halogens is 1. The summed E-state index contributed by atoms with van der Waals surface area (Å²) in [6.07, 6.45) is 0. The number of carbonyl (C=O) groups excluding carboxylic acids is 1. The number of fused-ring (bicyclic) bond motifs is 1. The third kappa shape index (κ3) is 3.35. The Hall–Kier alpha value is -2.56. The summed E-state index contributed by atoms with van der Waals surface area (Å²) in [6, 6.07) is 14.1. The SMILES string of the molecule is CC(C)N1CCN(C(=O)COc2cccc(F)c2)c2ccccc21. The highest BCUT2D eigenvalue weighted by Crippen LogP contribution is 2.34. The van der Waals surface area contributed by atoms with Gasteiger partial charge in [0.05, 0.1) is 11.4 Å². The molecule has 0 saturated heterocycles. The lowest BCUT2D eigenvalue weighted by Crippen LogP contribution is -2.47. The van der Waals surface area contributed by atoms with Crippen LogP contribution in [0, 0.1) is 5.82 Å². The number of benzene rings is 2. The first kappa shape index (κ1) is 16.3. The maximum atomic E-state index is 13.2. The van der Waals surface area contributed by atoms with Gasteiger partial charge < -0.3 is 14.5 Å². The van der Waals surface area contributed by atoms with E-state index in [1.807, 2.05) is 24.3 Å². The first-order valence-electron chi connectivity index (χ1n) is 8.10. The number of carbonyl (C=O) groups is 1. The smallest absolute Gasteiger partial charge is 0.265 e. The second-order valence-corrected chi connectivity index (χ2v) is 6.07. The maximum absolute atomic E-state index is 13.2. The minimum atomic E-state index is -0.379. The molecule has 1 aliphatic rings. The van der Waals surface area contributed by atoms with Gasteiger partial charge in [0.2, 0.25) is 0 Å². The van der Waals surface area contributed by atoms with Crippen molar-refractivity contribution in [3.63, 3.8) is 0 Å². The van der Waals surface area contributed by atoms with Crippen molar-refractivity contribution in [3.05, 3.63) is 54.3 Å². The molecule has 0 radical (unpaired) electrons. The van der Waals surface area contributed by atoms with Crippen molar-refractivity contribution in [2.24, 2.45) is 0 Å². The van der Waals surface area contributed by atoms with Crippen LogP contribution < -0.4 is 14.5 Å². The number of hydrogen-bond donors (Lipinski definition) is 0. The fraction of sp³-hybridized carbons (Fsp3) is 0.316. The molecule has 1 amide bonds. The van der Waals surface area contributed by atoms with Gasteiger partial charge in [-0.25, -0.2) is 4.39 Å². The zero-order chi connectivity index (χ0) is 17.1. The maximum Gasteiger partial charge on any atom is 0.265 e. The van der Waals surface area contributed by atoms with Crippen LogP contribution in [0.2, 0.25) is 0 Å². The zero-order valence-corrected chi connectivity index (χ0v) is 13.9. The minimum absolute atomic E-state index is 0.112. The lowest BCUT2D eigenvalue weighted by atomic mass is 10.1. The Kier molecular flexibility index (Phi) is 4.69. The van der Waals surface area contributed by atoms with E-state index in [2.05, 4.69) is 18.7 Å². The molecular formula is C19H21FN2O2. The minimum Gasteiger partial charge on any atom is -0.484 e. The fourth-order valence-corrected chi connectivity index (χ4v) is 2.96. The number of para-hydroxylation sites is 2. The molecule has 0 saturated carbocycles. The van der Waals surface area contributed by atoms with Crippen molar-refractivity contribution in [2.75, 3.05) is 29.5 Å². The quantitative estimate of drug-likeness (QED) is 0.861. The van der Waals surface area contributed by atoms with E-state index in [1.165, 1.54) is 12.1 Å². The molecule has 0 fully saturated rings. The molecule has 5 heteroatoms. The average molecular weight is 328 g/mol. The second kappa shape index (κ2) is 6.91. The van der Waals surface area contributed by atoms with E-state index in [4.69, 9.17) is 4.74 Å². The third-order valence-electron chi connectivity index (χ3n) is 4.13. The van der Waals surface area contributed by atoms with Crippen LogP contribution in [0.3, 0.4) is 0 Å². The highest BCUT2D eigenvalue weighted by Gasteiger charge is 2.27. The van der Waals surface area contributed by atoms with Crippen molar-refractivity contribution in [1.82, 2.24) is 0 Å². The van der Waals surface area contributed by atoms with Crippen molar-refractivity contribution in [1.29, 1.82) is 0 Å². The Morgan fingerprint density at radius 3 is 2.58 bits per heavy atom. The molecule has 0 aromatic heterocycles. The van der Waals surface area contributed by atoms with Gasteiger partial charge in [0.1, 0.15) is 11.6 Å². The van der Waals surface area contributed by atoms with Crippen LogP contribution in [-0.2, 0) is 4.79 Å². The van der Waals surface area contributed by atoms with Crippen molar-refractivity contribution in [2.45, 2.75) is 19.9 Å². The Labute approximate surface area is 141 Å². The second-order valence-electron chi connectivity index (χ2n) is 6.07. The molecule has 0 bridgehead atoms. The monoisotopic (exact) mass is 328 g/mol. The molecule has 24 heavy (non-hydrogen) atoms. The third-order valence-corrected chi connectivity index (χ3v) is 4.13. The number of anilines is 2. The molecule has 2 aromatic carbocycles. The van der Waals surface area contributed by atoms with Crippen LogP contribution in [0.15, 0.2) is 48.5 Å². The topological polar surface area (TPSA) is 32.8 Å². The van der Waals surface area contributed by atoms with E-state index in [-0.39, 0.29) is 18.3 Å². The summed E-state index contributed by atoms with van der Waals surface area (Å²) in [5.41, 5.74) is 1.95. The molecule has 1 heterocycles. The van der Waals surface area contributed by atoms with Gasteiger partial charge in [-0.15, -0.1) is 0 Å². The Morgan fingerprint density at radius 1 is 1.12 bits per heavy atom. The molecule has 0 spiro atoms. The molecule has 0 aliphatic carbocycles. The van der Waals surface area contributed by atoms with E-state index in [0.717, 1.165) is 17.9 Å². The molecule has 1 aliphatic heterocycles. The van der Waals surface area contributed by atoms with Crippen LogP contribution in [-0.4, -0.2) is 31.6 Å². The summed E-state index contributed by atoms with van der Waals surface area (Å²) in [5, 5.41) is 0. The summed E-state index contributed by atoms with van der Waals surface area (Å²) < 4.78 is 18.6. The normalized spacial score (nSPS) is 13.8. The van der Waals surface area contributed by atoms with E-state index in [0.29, 0.717) is 18.3 Å². The van der Waals surface area contributed by atoms with Crippen LogP contribution in [0.4, 0.5) is 15.8 Å². The highest BCUT2D eigenvalue weighted by molar-refractivity contribution is 5.98. The van der Waals surface area contributed by atoms with Gasteiger partial charge in [0, 0.05) is 25.2 Å². The van der Waals surface area contributed by atoms with Gasteiger partial charge >= 0.3 is 0 Å². The summed E-state index contributed by atoms with van der Waals surface area (Å²) in [6.45, 7) is 5.56. The van der Waals surface area contributed by atoms with E-state index in [9.17, 15) is 9.18 Å². The lowest BCUT2D eigenvalue weighted by Gasteiger charge is -2.39. The summed E-state index contributed by atoms with van der Waals surface area (Å²) in [5.74, 6) is -0.150. The Balaban J connectivity index is 1.74. The number of rotatable bonds is 4. The van der Waals surface area contributed by atoms with Crippen molar-refractivity contribution in [3.8, 4) is 5.75 Å². The summed E-state index contributed by atoms with van der Waals surface area (Å²) >= 11 is 0.